The highest BCUT2D eigenvalue weighted by Crippen LogP contribution is 2.33. The van der Waals surface area contributed by atoms with Crippen molar-refractivity contribution in [2.75, 3.05) is 58.0 Å². The predicted molar refractivity (Wildman–Crippen MR) is 113 cm³/mol. The predicted octanol–water partition coefficient (Wildman–Crippen LogP) is 1.96. The molecule has 2 saturated heterocycles. The molecule has 2 aliphatic heterocycles. The number of aliphatic imine (C=N–C) groups is 1. The monoisotopic (exact) mass is 392 g/mol. The Kier molecular flexibility index (Phi) is 7.67. The number of ether oxygens (including phenoxy) is 2. The van der Waals surface area contributed by atoms with Crippen LogP contribution in [0.1, 0.15) is 18.9 Å². The second kappa shape index (κ2) is 10.2. The van der Waals surface area contributed by atoms with Gasteiger partial charge >= 0.3 is 0 Å². The van der Waals surface area contributed by atoms with Crippen LogP contribution in [0.3, 0.4) is 0 Å². The summed E-state index contributed by atoms with van der Waals surface area (Å²) in [6, 6.07) is 8.05. The Morgan fingerprint density at radius 2 is 2.11 bits per heavy atom. The summed E-state index contributed by atoms with van der Waals surface area (Å²) < 4.78 is 11.0. The number of guanidine groups is 1. The number of thioether (sulfide) groups is 1. The molecule has 1 aromatic rings. The fourth-order valence-electron chi connectivity index (χ4n) is 3.72. The molecular weight excluding hydrogens is 360 g/mol. The summed E-state index contributed by atoms with van der Waals surface area (Å²) in [7, 11) is 1.70. The van der Waals surface area contributed by atoms with E-state index in [1.54, 1.807) is 7.11 Å². The second-order valence-electron chi connectivity index (χ2n) is 6.99. The number of methoxy groups -OCH3 is 1. The number of nitrogens with zero attached hydrogens (tertiary/aromatic N) is 2. The Morgan fingerprint density at radius 3 is 2.81 bits per heavy atom. The molecule has 0 aliphatic carbocycles. The first-order valence-corrected chi connectivity index (χ1v) is 11.0. The van der Waals surface area contributed by atoms with Crippen LogP contribution in [-0.2, 0) is 11.3 Å². The fraction of sp³-hybridized carbons (Fsp3) is 0.650. The third-order valence-corrected chi connectivity index (χ3v) is 6.53. The Hall–Kier alpha value is -1.44. The summed E-state index contributed by atoms with van der Waals surface area (Å²) in [4.78, 5) is 7.41. The zero-order valence-electron chi connectivity index (χ0n) is 16.5. The van der Waals surface area contributed by atoms with Gasteiger partial charge in [0.15, 0.2) is 5.96 Å². The maximum atomic E-state index is 5.56. The van der Waals surface area contributed by atoms with Crippen molar-refractivity contribution >= 4 is 17.7 Å². The van der Waals surface area contributed by atoms with Crippen LogP contribution in [0.25, 0.3) is 0 Å². The molecule has 1 aromatic carbocycles. The second-order valence-corrected chi connectivity index (χ2v) is 8.09. The van der Waals surface area contributed by atoms with Crippen LogP contribution < -0.4 is 15.4 Å². The topological polar surface area (TPSA) is 58.1 Å². The van der Waals surface area contributed by atoms with Gasteiger partial charge in [-0.1, -0.05) is 18.2 Å². The molecule has 1 unspecified atom stereocenters. The van der Waals surface area contributed by atoms with Gasteiger partial charge in [-0.15, -0.1) is 0 Å². The molecule has 150 valence electrons. The van der Waals surface area contributed by atoms with Gasteiger partial charge in [-0.2, -0.15) is 11.8 Å². The quantitative estimate of drug-likeness (QED) is 0.546. The highest BCUT2D eigenvalue weighted by molar-refractivity contribution is 7.99. The molecule has 0 radical (unpaired) electrons. The number of para-hydroxylation sites is 1. The molecule has 0 spiro atoms. The van der Waals surface area contributed by atoms with Crippen LogP contribution >= 0.6 is 11.8 Å². The zero-order chi connectivity index (χ0) is 19.0. The lowest BCUT2D eigenvalue weighted by Gasteiger charge is -2.43. The Morgan fingerprint density at radius 1 is 1.30 bits per heavy atom. The summed E-state index contributed by atoms with van der Waals surface area (Å²) >= 11 is 2.06. The van der Waals surface area contributed by atoms with Crippen LogP contribution in [0.2, 0.25) is 0 Å². The molecule has 0 amide bonds. The first kappa shape index (κ1) is 20.3. The van der Waals surface area contributed by atoms with Gasteiger partial charge in [-0.3, -0.25) is 4.90 Å². The average Bonchev–Trinajstić information content (AvgIpc) is 3.21. The molecule has 27 heavy (non-hydrogen) atoms. The molecule has 2 N–H and O–H groups in total. The summed E-state index contributed by atoms with van der Waals surface area (Å²) in [5, 5.41) is 6.99. The van der Waals surface area contributed by atoms with Crippen LogP contribution in [0.4, 0.5) is 0 Å². The summed E-state index contributed by atoms with van der Waals surface area (Å²) in [6.45, 7) is 8.19. The number of morpholine rings is 1. The molecule has 0 saturated carbocycles. The maximum absolute atomic E-state index is 5.56. The van der Waals surface area contributed by atoms with Crippen molar-refractivity contribution in [3.8, 4) is 5.75 Å². The van der Waals surface area contributed by atoms with Gasteiger partial charge < -0.3 is 20.1 Å². The van der Waals surface area contributed by atoms with E-state index < -0.39 is 0 Å². The minimum Gasteiger partial charge on any atom is -0.496 e. The van der Waals surface area contributed by atoms with Crippen molar-refractivity contribution in [3.63, 3.8) is 0 Å². The Bertz CT molecular complexity index is 614. The molecule has 1 atom stereocenters. The summed E-state index contributed by atoms with van der Waals surface area (Å²) in [6.07, 6.45) is 1.22. The smallest absolute Gasteiger partial charge is 0.191 e. The van der Waals surface area contributed by atoms with E-state index in [1.165, 1.54) is 17.9 Å². The normalized spacial score (nSPS) is 24.0. The molecule has 0 bridgehead atoms. The van der Waals surface area contributed by atoms with E-state index in [9.17, 15) is 0 Å². The molecular formula is C20H32N4O2S. The van der Waals surface area contributed by atoms with E-state index in [0.717, 1.165) is 56.7 Å². The highest BCUT2D eigenvalue weighted by Gasteiger charge is 2.40. The van der Waals surface area contributed by atoms with E-state index in [0.29, 0.717) is 6.54 Å². The maximum Gasteiger partial charge on any atom is 0.191 e. The van der Waals surface area contributed by atoms with Gasteiger partial charge in [0.25, 0.3) is 0 Å². The lowest BCUT2D eigenvalue weighted by Crippen LogP contribution is -2.60. The molecule has 2 aliphatic rings. The minimum absolute atomic E-state index is 0.203. The third-order valence-electron chi connectivity index (χ3n) is 5.29. The van der Waals surface area contributed by atoms with Gasteiger partial charge in [0, 0.05) is 43.0 Å². The number of hydrogen-bond acceptors (Lipinski definition) is 5. The van der Waals surface area contributed by atoms with Crippen molar-refractivity contribution in [2.45, 2.75) is 25.4 Å². The van der Waals surface area contributed by atoms with E-state index >= 15 is 0 Å². The van der Waals surface area contributed by atoms with E-state index in [1.807, 2.05) is 18.2 Å². The Labute approximate surface area is 167 Å². The molecule has 0 aromatic heterocycles. The highest BCUT2D eigenvalue weighted by atomic mass is 32.2. The van der Waals surface area contributed by atoms with Crippen LogP contribution in [-0.4, -0.2) is 74.4 Å². The van der Waals surface area contributed by atoms with Crippen molar-refractivity contribution in [1.82, 2.24) is 15.5 Å². The van der Waals surface area contributed by atoms with Crippen LogP contribution in [0.15, 0.2) is 29.3 Å². The van der Waals surface area contributed by atoms with E-state index in [-0.39, 0.29) is 5.54 Å². The minimum atomic E-state index is 0.203. The lowest BCUT2D eigenvalue weighted by atomic mass is 9.95. The average molecular weight is 393 g/mol. The molecule has 7 heteroatoms. The third kappa shape index (κ3) is 5.30. The largest absolute Gasteiger partial charge is 0.496 e. The first-order valence-electron chi connectivity index (χ1n) is 9.82. The van der Waals surface area contributed by atoms with Crippen LogP contribution in [0, 0.1) is 0 Å². The molecule has 6 nitrogen and oxygen atoms in total. The van der Waals surface area contributed by atoms with Crippen molar-refractivity contribution in [1.29, 1.82) is 0 Å². The van der Waals surface area contributed by atoms with Gasteiger partial charge in [0.1, 0.15) is 5.75 Å². The van der Waals surface area contributed by atoms with Crippen molar-refractivity contribution in [2.24, 2.45) is 4.99 Å². The lowest BCUT2D eigenvalue weighted by molar-refractivity contribution is -0.0120. The van der Waals surface area contributed by atoms with Gasteiger partial charge in [0.2, 0.25) is 0 Å². The van der Waals surface area contributed by atoms with Gasteiger partial charge in [0.05, 0.1) is 26.9 Å². The SMILES string of the molecule is CCNC(=NCc1ccccc1OC)NCC1(N2CCOCC2)CCSC1. The van der Waals surface area contributed by atoms with Crippen molar-refractivity contribution in [3.05, 3.63) is 29.8 Å². The molecule has 2 fully saturated rings. The van der Waals surface area contributed by atoms with Gasteiger partial charge in [-0.05, 0) is 25.2 Å². The molecule has 3 rings (SSSR count). The standard InChI is InChI=1S/C20H32N4O2S/c1-3-21-19(22-14-17-6-4-5-7-18(17)25-2)23-15-20(8-13-27-16-20)24-9-11-26-12-10-24/h4-7H,3,8-16H2,1-2H3,(H2,21,22,23). The van der Waals surface area contributed by atoms with Gasteiger partial charge in [-0.25, -0.2) is 4.99 Å². The zero-order valence-corrected chi connectivity index (χ0v) is 17.3. The number of hydrogen-bond donors (Lipinski definition) is 2. The number of rotatable bonds is 7. The van der Waals surface area contributed by atoms with E-state index in [2.05, 4.69) is 40.3 Å². The summed E-state index contributed by atoms with van der Waals surface area (Å²) in [5.41, 5.74) is 1.30. The Balaban J connectivity index is 1.65. The summed E-state index contributed by atoms with van der Waals surface area (Å²) in [5.74, 6) is 4.15. The van der Waals surface area contributed by atoms with Crippen molar-refractivity contribution < 1.29 is 9.47 Å². The fourth-order valence-corrected chi connectivity index (χ4v) is 5.20. The molecule has 2 heterocycles. The number of nitrogens with one attached hydrogen (secondary N) is 2. The van der Waals surface area contributed by atoms with E-state index in [4.69, 9.17) is 14.5 Å². The van der Waals surface area contributed by atoms with Crippen LogP contribution in [0.5, 0.6) is 5.75 Å². The first-order chi connectivity index (χ1) is 13.3. The number of benzene rings is 1.